The fraction of sp³-hybridized carbons (Fsp3) is 0.278. The summed E-state index contributed by atoms with van der Waals surface area (Å²) in [5.41, 5.74) is 5.27. The van der Waals surface area contributed by atoms with Gasteiger partial charge in [-0.25, -0.2) is 0 Å². The number of hydrogen-bond acceptors (Lipinski definition) is 1. The predicted octanol–water partition coefficient (Wildman–Crippen LogP) is 3.93. The molecule has 2 aromatic carbocycles. The number of halogens is 1. The van der Waals surface area contributed by atoms with Crippen LogP contribution in [0, 0.1) is 6.92 Å². The van der Waals surface area contributed by atoms with Crippen LogP contribution >= 0.6 is 15.9 Å². The summed E-state index contributed by atoms with van der Waals surface area (Å²) in [4.78, 5) is 10.6. The zero-order chi connectivity index (χ0) is 15.2. The second-order valence-corrected chi connectivity index (χ2v) is 6.22. The smallest absolute Gasteiger partial charge is 0.150 e. The van der Waals surface area contributed by atoms with E-state index < -0.39 is 0 Å². The summed E-state index contributed by atoms with van der Waals surface area (Å²) >= 11 is 3.56. The lowest BCUT2D eigenvalue weighted by atomic mass is 9.87. The molecule has 106 valence electrons. The maximum atomic E-state index is 10.6. The molecule has 0 bridgehead atoms. The molecular formula is C18H18BBrO. The van der Waals surface area contributed by atoms with E-state index in [1.165, 1.54) is 16.7 Å². The summed E-state index contributed by atoms with van der Waals surface area (Å²) < 4.78 is 1.12. The zero-order valence-corrected chi connectivity index (χ0v) is 13.8. The third-order valence-electron chi connectivity index (χ3n) is 3.70. The van der Waals surface area contributed by atoms with Crippen LogP contribution in [0.15, 0.2) is 40.9 Å². The number of carbonyl (C=O) groups excluding carboxylic acids is 1. The molecule has 1 nitrogen and oxygen atoms in total. The Bertz CT molecular complexity index is 620. The topological polar surface area (TPSA) is 17.1 Å². The van der Waals surface area contributed by atoms with Gasteiger partial charge in [0.25, 0.3) is 0 Å². The highest BCUT2D eigenvalue weighted by atomic mass is 79.9. The van der Waals surface area contributed by atoms with Crippen molar-refractivity contribution in [3.63, 3.8) is 0 Å². The first kappa shape index (κ1) is 16.0. The molecule has 0 saturated carbocycles. The van der Waals surface area contributed by atoms with Crippen LogP contribution in [0.3, 0.4) is 0 Å². The summed E-state index contributed by atoms with van der Waals surface area (Å²) in [6, 6.07) is 12.0. The van der Waals surface area contributed by atoms with E-state index in [0.29, 0.717) is 0 Å². The third-order valence-corrected chi connectivity index (χ3v) is 4.55. The number of unbranched alkanes of at least 4 members (excludes halogenated alkanes) is 1. The first-order valence-electron chi connectivity index (χ1n) is 7.19. The van der Waals surface area contributed by atoms with Crippen molar-refractivity contribution in [3.05, 3.63) is 63.1 Å². The van der Waals surface area contributed by atoms with Gasteiger partial charge >= 0.3 is 0 Å². The predicted molar refractivity (Wildman–Crippen MR) is 92.7 cm³/mol. The molecule has 0 amide bonds. The Hall–Kier alpha value is -1.35. The van der Waals surface area contributed by atoms with Crippen molar-refractivity contribution in [2.45, 2.75) is 32.6 Å². The quantitative estimate of drug-likeness (QED) is 0.442. The Kier molecular flexibility index (Phi) is 5.80. The lowest BCUT2D eigenvalue weighted by molar-refractivity contribution is 0.112. The molecule has 0 fully saturated rings. The molecule has 0 atom stereocenters. The van der Waals surface area contributed by atoms with Crippen LogP contribution in [-0.2, 0) is 12.8 Å². The van der Waals surface area contributed by atoms with E-state index in [4.69, 9.17) is 7.85 Å². The van der Waals surface area contributed by atoms with Crippen LogP contribution in [0.2, 0.25) is 0 Å². The lowest BCUT2D eigenvalue weighted by Gasteiger charge is -2.09. The number of benzene rings is 2. The van der Waals surface area contributed by atoms with Gasteiger partial charge in [-0.2, -0.15) is 0 Å². The van der Waals surface area contributed by atoms with Crippen molar-refractivity contribution in [2.75, 3.05) is 0 Å². The molecule has 21 heavy (non-hydrogen) atoms. The molecule has 0 aromatic heterocycles. The fourth-order valence-corrected chi connectivity index (χ4v) is 2.76. The second-order valence-electron chi connectivity index (χ2n) is 5.37. The Morgan fingerprint density at radius 1 is 1.10 bits per heavy atom. The Balaban J connectivity index is 1.84. The van der Waals surface area contributed by atoms with Crippen molar-refractivity contribution in [1.29, 1.82) is 0 Å². The van der Waals surface area contributed by atoms with Gasteiger partial charge in [-0.15, -0.1) is 0 Å². The number of rotatable bonds is 6. The van der Waals surface area contributed by atoms with Gasteiger partial charge in [-0.3, -0.25) is 4.79 Å². The summed E-state index contributed by atoms with van der Waals surface area (Å²) in [5, 5.41) is 0. The SMILES string of the molecule is [B]c1cc(C)c(Br)cc1CCCCc1ccc(C=O)cc1. The first-order chi connectivity index (χ1) is 10.1. The number of aldehydes is 1. The van der Waals surface area contributed by atoms with Crippen molar-refractivity contribution in [2.24, 2.45) is 0 Å². The standard InChI is InChI=1S/C18H18BBrO/c1-13-10-17(19)16(11-18(13)20)5-3-2-4-14-6-8-15(12-21)9-7-14/h6-12H,2-5H2,1H3. The number of aryl methyl sites for hydroxylation is 3. The van der Waals surface area contributed by atoms with Crippen LogP contribution in [-0.4, -0.2) is 14.1 Å². The summed E-state index contributed by atoms with van der Waals surface area (Å²) in [6.07, 6.45) is 5.13. The molecule has 0 aliphatic carbocycles. The Morgan fingerprint density at radius 3 is 2.43 bits per heavy atom. The average molecular weight is 341 g/mol. The molecule has 0 unspecified atom stereocenters. The van der Waals surface area contributed by atoms with Crippen molar-refractivity contribution < 1.29 is 4.79 Å². The van der Waals surface area contributed by atoms with Crippen LogP contribution in [0.4, 0.5) is 0 Å². The average Bonchev–Trinajstić information content (AvgIpc) is 2.49. The monoisotopic (exact) mass is 340 g/mol. The molecule has 2 aromatic rings. The third kappa shape index (κ3) is 4.57. The van der Waals surface area contributed by atoms with Crippen molar-refractivity contribution in [1.82, 2.24) is 0 Å². The molecule has 3 heteroatoms. The van der Waals surface area contributed by atoms with Gasteiger partial charge in [-0.05, 0) is 49.8 Å². The van der Waals surface area contributed by atoms with Gasteiger partial charge in [0, 0.05) is 10.0 Å². The van der Waals surface area contributed by atoms with Crippen molar-refractivity contribution in [3.8, 4) is 0 Å². The Labute approximate surface area is 136 Å². The minimum atomic E-state index is 0.732. The summed E-state index contributed by atoms with van der Waals surface area (Å²) in [6.45, 7) is 2.05. The minimum absolute atomic E-state index is 0.732. The highest BCUT2D eigenvalue weighted by Crippen LogP contribution is 2.17. The summed E-state index contributed by atoms with van der Waals surface area (Å²) in [5.74, 6) is 0. The van der Waals surface area contributed by atoms with Crippen LogP contribution < -0.4 is 5.46 Å². The molecule has 0 N–H and O–H groups in total. The van der Waals surface area contributed by atoms with E-state index >= 15 is 0 Å². The maximum Gasteiger partial charge on any atom is 0.150 e. The van der Waals surface area contributed by atoms with E-state index in [9.17, 15) is 4.79 Å². The van der Waals surface area contributed by atoms with Gasteiger partial charge in [0.1, 0.15) is 14.1 Å². The van der Waals surface area contributed by atoms with Crippen LogP contribution in [0.25, 0.3) is 0 Å². The van der Waals surface area contributed by atoms with E-state index in [-0.39, 0.29) is 0 Å². The van der Waals surface area contributed by atoms with E-state index in [2.05, 4.69) is 22.0 Å². The molecule has 2 rings (SSSR count). The normalized spacial score (nSPS) is 10.6. The highest BCUT2D eigenvalue weighted by Gasteiger charge is 2.03. The fourth-order valence-electron chi connectivity index (χ4n) is 2.37. The van der Waals surface area contributed by atoms with Gasteiger partial charge in [0.2, 0.25) is 0 Å². The van der Waals surface area contributed by atoms with Crippen LogP contribution in [0.5, 0.6) is 0 Å². The minimum Gasteiger partial charge on any atom is -0.298 e. The highest BCUT2D eigenvalue weighted by molar-refractivity contribution is 9.10. The largest absolute Gasteiger partial charge is 0.298 e. The first-order valence-corrected chi connectivity index (χ1v) is 7.98. The Morgan fingerprint density at radius 2 is 1.76 bits per heavy atom. The molecule has 2 radical (unpaired) electrons. The van der Waals surface area contributed by atoms with E-state index in [1.54, 1.807) is 0 Å². The molecule has 0 saturated heterocycles. The number of hydrogen-bond donors (Lipinski definition) is 0. The van der Waals surface area contributed by atoms with Gasteiger partial charge < -0.3 is 0 Å². The van der Waals surface area contributed by atoms with Crippen LogP contribution in [0.1, 0.15) is 39.9 Å². The summed E-state index contributed by atoms with van der Waals surface area (Å²) in [7, 11) is 6.06. The molecule has 0 heterocycles. The van der Waals surface area contributed by atoms with Gasteiger partial charge in [0.15, 0.2) is 0 Å². The molecule has 0 spiro atoms. The van der Waals surface area contributed by atoms with Gasteiger partial charge in [-0.1, -0.05) is 57.3 Å². The molecule has 0 aliphatic rings. The lowest BCUT2D eigenvalue weighted by Crippen LogP contribution is -2.11. The van der Waals surface area contributed by atoms with Gasteiger partial charge in [0.05, 0.1) is 0 Å². The molecular weight excluding hydrogens is 323 g/mol. The zero-order valence-electron chi connectivity index (χ0n) is 12.2. The molecule has 0 aliphatic heterocycles. The number of carbonyl (C=O) groups is 1. The van der Waals surface area contributed by atoms with Crippen molar-refractivity contribution >= 4 is 35.5 Å². The maximum absolute atomic E-state index is 10.6. The second kappa shape index (κ2) is 7.60. The van der Waals surface area contributed by atoms with E-state index in [1.807, 2.05) is 37.3 Å². The van der Waals surface area contributed by atoms with E-state index in [0.717, 1.165) is 47.5 Å².